The number of benzene rings is 1. The molecule has 16 heteroatoms. The van der Waals surface area contributed by atoms with E-state index in [1.165, 1.54) is 45.3 Å². The first-order valence-electron chi connectivity index (χ1n) is 11.3. The quantitative estimate of drug-likeness (QED) is 0.224. The van der Waals surface area contributed by atoms with E-state index in [4.69, 9.17) is 14.2 Å². The minimum absolute atomic E-state index is 0.00812. The number of nitrogens with one attached hydrogen (secondary N) is 2. The van der Waals surface area contributed by atoms with Gasteiger partial charge in [-0.05, 0) is 13.0 Å². The first kappa shape index (κ1) is 29.6. The molecule has 0 radical (unpaired) electrons. The molecule has 0 aliphatic carbocycles. The molecule has 0 bridgehead atoms. The Kier molecular flexibility index (Phi) is 10.2. The molecule has 0 fully saturated rings. The largest absolute Gasteiger partial charge is 0.493 e. The molecule has 2 rings (SSSR count). The Morgan fingerprint density at radius 3 is 2.21 bits per heavy atom. The van der Waals surface area contributed by atoms with Crippen LogP contribution < -0.4 is 29.9 Å². The number of anilines is 3. The normalized spacial score (nSPS) is 11.2. The van der Waals surface area contributed by atoms with Crippen LogP contribution in [0, 0.1) is 10.1 Å². The number of nitrogens with zero attached hydrogens (tertiary/aromatic N) is 7. The summed E-state index contributed by atoms with van der Waals surface area (Å²) in [5.41, 5.74) is -0.139. The second-order valence-electron chi connectivity index (χ2n) is 8.32. The van der Waals surface area contributed by atoms with Crippen molar-refractivity contribution in [1.29, 1.82) is 0 Å². The minimum Gasteiger partial charge on any atom is -0.493 e. The Morgan fingerprint density at radius 1 is 1.05 bits per heavy atom. The number of hydrogen-bond donors (Lipinski definition) is 2. The molecule has 1 aromatic heterocycles. The Labute approximate surface area is 220 Å². The zero-order valence-corrected chi connectivity index (χ0v) is 22.6. The van der Waals surface area contributed by atoms with E-state index in [1.54, 1.807) is 37.9 Å². The third-order valence-electron chi connectivity index (χ3n) is 5.21. The number of carbonyl (C=O) groups is 2. The van der Waals surface area contributed by atoms with Gasteiger partial charge < -0.3 is 34.6 Å². The van der Waals surface area contributed by atoms with Gasteiger partial charge in [0.05, 0.1) is 37.4 Å². The molecule has 38 heavy (non-hydrogen) atoms. The molecule has 0 saturated heterocycles. The molecule has 208 valence electrons. The molecule has 0 spiro atoms. The maximum Gasteiger partial charge on any atom is 0.411 e. The predicted molar refractivity (Wildman–Crippen MR) is 139 cm³/mol. The van der Waals surface area contributed by atoms with Crippen molar-refractivity contribution < 1.29 is 28.7 Å². The number of methoxy groups -OCH3 is 2. The number of likely N-dealkylation sites (N-methyl/N-ethyl adjacent to an activating group) is 1. The van der Waals surface area contributed by atoms with Crippen LogP contribution in [0.5, 0.6) is 11.5 Å². The van der Waals surface area contributed by atoms with Gasteiger partial charge in [-0.15, -0.1) is 0 Å². The number of carbonyl (C=O) groups excluding carboxylic acids is 2. The topological polar surface area (TPSA) is 177 Å². The predicted octanol–water partition coefficient (Wildman–Crippen LogP) is 1.07. The number of amides is 2. The molecule has 1 heterocycles. The van der Waals surface area contributed by atoms with Crippen LogP contribution in [-0.4, -0.2) is 98.9 Å². The molecular formula is C22H33N9O7. The first-order chi connectivity index (χ1) is 17.9. The summed E-state index contributed by atoms with van der Waals surface area (Å²) in [6.07, 6.45) is -0.741. The van der Waals surface area contributed by atoms with Crippen molar-refractivity contribution in [3.05, 3.63) is 27.8 Å². The molecule has 16 nitrogen and oxygen atoms in total. The van der Waals surface area contributed by atoms with Gasteiger partial charge in [0.25, 0.3) is 5.69 Å². The highest BCUT2D eigenvalue weighted by Crippen LogP contribution is 2.34. The molecule has 0 saturated carbocycles. The fourth-order valence-corrected chi connectivity index (χ4v) is 3.15. The maximum atomic E-state index is 12.7. The molecular weight excluding hydrogens is 502 g/mol. The summed E-state index contributed by atoms with van der Waals surface area (Å²) in [4.78, 5) is 53.0. The average molecular weight is 536 g/mol. The summed E-state index contributed by atoms with van der Waals surface area (Å²) in [7, 11) is 10.9. The molecule has 1 atom stereocenters. The van der Waals surface area contributed by atoms with Crippen molar-refractivity contribution in [1.82, 2.24) is 25.2 Å². The number of nitro benzene ring substituents is 1. The van der Waals surface area contributed by atoms with Gasteiger partial charge in [-0.25, -0.2) is 4.79 Å². The Hall–Kier alpha value is -4.63. The minimum atomic E-state index is -0.741. The smallest absolute Gasteiger partial charge is 0.411 e. The fraction of sp³-hybridized carbons (Fsp3) is 0.500. The van der Waals surface area contributed by atoms with Gasteiger partial charge >= 0.3 is 6.09 Å². The molecule has 0 aliphatic heterocycles. The van der Waals surface area contributed by atoms with Gasteiger partial charge in [0.2, 0.25) is 23.8 Å². The lowest BCUT2D eigenvalue weighted by Crippen LogP contribution is -2.39. The summed E-state index contributed by atoms with van der Waals surface area (Å²) >= 11 is 0. The highest BCUT2D eigenvalue weighted by atomic mass is 16.6. The van der Waals surface area contributed by atoms with E-state index in [0.29, 0.717) is 5.95 Å². The number of nitro groups is 1. The van der Waals surface area contributed by atoms with E-state index >= 15 is 0 Å². The van der Waals surface area contributed by atoms with Gasteiger partial charge in [-0.3, -0.25) is 19.8 Å². The molecule has 2 N–H and O–H groups in total. The van der Waals surface area contributed by atoms with Crippen LogP contribution in [0.2, 0.25) is 0 Å². The lowest BCUT2D eigenvalue weighted by molar-refractivity contribution is -0.385. The second-order valence-corrected chi connectivity index (χ2v) is 8.32. The van der Waals surface area contributed by atoms with Gasteiger partial charge in [0, 0.05) is 35.2 Å². The van der Waals surface area contributed by atoms with Crippen LogP contribution in [-0.2, 0) is 16.1 Å². The van der Waals surface area contributed by atoms with E-state index in [0.717, 1.165) is 0 Å². The van der Waals surface area contributed by atoms with Crippen molar-refractivity contribution in [2.75, 3.05) is 71.2 Å². The summed E-state index contributed by atoms with van der Waals surface area (Å²) in [6, 6.07) is 1.99. The van der Waals surface area contributed by atoms with Crippen molar-refractivity contribution in [3.8, 4) is 11.5 Å². The number of aromatic nitrogens is 3. The number of hydrogen-bond acceptors (Lipinski definition) is 13. The molecule has 1 unspecified atom stereocenters. The highest BCUT2D eigenvalue weighted by molar-refractivity contribution is 5.83. The fourth-order valence-electron chi connectivity index (χ4n) is 3.15. The summed E-state index contributed by atoms with van der Waals surface area (Å²) < 4.78 is 15.6. The van der Waals surface area contributed by atoms with E-state index in [9.17, 15) is 19.7 Å². The summed E-state index contributed by atoms with van der Waals surface area (Å²) in [5.74, 6) is 0.932. The van der Waals surface area contributed by atoms with E-state index in [1.807, 2.05) is 0 Å². The molecule has 0 aliphatic rings. The third kappa shape index (κ3) is 7.44. The Bertz CT molecular complexity index is 1160. The summed E-state index contributed by atoms with van der Waals surface area (Å²) in [6.45, 7) is 1.30. The molecule has 1 aromatic carbocycles. The first-order valence-corrected chi connectivity index (χ1v) is 11.3. The van der Waals surface area contributed by atoms with Gasteiger partial charge in [0.15, 0.2) is 11.5 Å². The molecule has 2 aromatic rings. The molecule has 2 amide bonds. The van der Waals surface area contributed by atoms with Crippen molar-refractivity contribution in [2.24, 2.45) is 0 Å². The Morgan fingerprint density at radius 2 is 1.66 bits per heavy atom. The van der Waals surface area contributed by atoms with Crippen molar-refractivity contribution in [3.63, 3.8) is 0 Å². The monoisotopic (exact) mass is 535 g/mol. The lowest BCUT2D eigenvalue weighted by atomic mass is 10.1. The zero-order chi connectivity index (χ0) is 28.6. The van der Waals surface area contributed by atoms with Crippen LogP contribution in [0.1, 0.15) is 12.5 Å². The SMILES string of the molecule is CNC(=O)C(C)Nc1nc(N(C)C)nc(N(C)CN(C)C(=O)OCc2cc(OC)c(OC)cc2[N+](=O)[O-])n1. The maximum absolute atomic E-state index is 12.7. The number of ether oxygens (including phenoxy) is 3. The van der Waals surface area contributed by atoms with E-state index in [-0.39, 0.29) is 53.8 Å². The van der Waals surface area contributed by atoms with Crippen LogP contribution in [0.4, 0.5) is 28.3 Å². The lowest BCUT2D eigenvalue weighted by Gasteiger charge is -2.25. The van der Waals surface area contributed by atoms with Crippen LogP contribution in [0.3, 0.4) is 0 Å². The van der Waals surface area contributed by atoms with Crippen LogP contribution in [0.25, 0.3) is 0 Å². The third-order valence-corrected chi connectivity index (χ3v) is 5.21. The van der Waals surface area contributed by atoms with Crippen molar-refractivity contribution in [2.45, 2.75) is 19.6 Å². The number of rotatable bonds is 12. The van der Waals surface area contributed by atoms with E-state index in [2.05, 4.69) is 25.6 Å². The Balaban J connectivity index is 2.15. The zero-order valence-electron chi connectivity index (χ0n) is 22.6. The van der Waals surface area contributed by atoms with Gasteiger partial charge in [-0.1, -0.05) is 0 Å². The van der Waals surface area contributed by atoms with Crippen molar-refractivity contribution >= 4 is 35.5 Å². The second kappa shape index (κ2) is 13.1. The van der Waals surface area contributed by atoms with Crippen LogP contribution >= 0.6 is 0 Å². The van der Waals surface area contributed by atoms with Gasteiger partial charge in [0.1, 0.15) is 12.6 Å². The summed E-state index contributed by atoms with van der Waals surface area (Å²) in [5, 5.41) is 17.0. The van der Waals surface area contributed by atoms with Gasteiger partial charge in [-0.2, -0.15) is 15.0 Å². The standard InChI is InChI=1S/C22H33N9O7/c1-13(18(32)23-2)24-19-25-20(28(3)4)27-21(26-19)29(5)12-30(6)22(33)38-11-14-9-16(36-7)17(37-8)10-15(14)31(34)35/h9-10,13H,11-12H2,1-8H3,(H,23,32)(H,24,25,26,27). The van der Waals surface area contributed by atoms with Crippen LogP contribution in [0.15, 0.2) is 12.1 Å². The average Bonchev–Trinajstić information content (AvgIpc) is 2.89. The van der Waals surface area contributed by atoms with E-state index < -0.39 is 17.1 Å². The highest BCUT2D eigenvalue weighted by Gasteiger charge is 2.23.